The van der Waals surface area contributed by atoms with Crippen molar-refractivity contribution in [1.82, 2.24) is 14.7 Å². The minimum Gasteiger partial charge on any atom is -0.383 e. The lowest BCUT2D eigenvalue weighted by Crippen LogP contribution is -2.20. The molecule has 2 rings (SSSR count). The van der Waals surface area contributed by atoms with Crippen LogP contribution in [0.5, 0.6) is 0 Å². The maximum Gasteiger partial charge on any atom is 0.211 e. The maximum absolute atomic E-state index is 13.2. The molecule has 2 aromatic rings. The Hall–Kier alpha value is -2.76. The first kappa shape index (κ1) is 14.6. The monoisotopic (exact) mass is 287 g/mol. The summed E-state index contributed by atoms with van der Waals surface area (Å²) in [6, 6.07) is 6.95. The molecule has 0 bridgehead atoms. The molecular formula is C15H14FN3O2. The Kier molecular flexibility index (Phi) is 4.27. The van der Waals surface area contributed by atoms with Crippen molar-refractivity contribution in [1.29, 1.82) is 0 Å². The number of hydrogen-bond donors (Lipinski definition) is 0. The van der Waals surface area contributed by atoms with Gasteiger partial charge < -0.3 is 4.90 Å². The van der Waals surface area contributed by atoms with Gasteiger partial charge in [0.2, 0.25) is 11.2 Å². The third-order valence-electron chi connectivity index (χ3n) is 2.64. The van der Waals surface area contributed by atoms with Gasteiger partial charge in [-0.15, -0.1) is 0 Å². The van der Waals surface area contributed by atoms with E-state index in [4.69, 9.17) is 0 Å². The quantitative estimate of drug-likeness (QED) is 0.633. The summed E-state index contributed by atoms with van der Waals surface area (Å²) in [7, 11) is 3.51. The zero-order valence-corrected chi connectivity index (χ0v) is 11.7. The number of aromatic nitrogens is 2. The number of rotatable bonds is 4. The van der Waals surface area contributed by atoms with E-state index in [1.165, 1.54) is 47.4 Å². The van der Waals surface area contributed by atoms with Crippen molar-refractivity contribution >= 4 is 5.78 Å². The molecular weight excluding hydrogens is 273 g/mol. The molecule has 0 saturated heterocycles. The highest BCUT2D eigenvalue weighted by Crippen LogP contribution is 2.07. The average molecular weight is 287 g/mol. The topological polar surface area (TPSA) is 55.2 Å². The van der Waals surface area contributed by atoms with E-state index in [0.29, 0.717) is 5.69 Å². The molecule has 6 heteroatoms. The van der Waals surface area contributed by atoms with Gasteiger partial charge in [-0.2, -0.15) is 5.10 Å². The first-order chi connectivity index (χ1) is 9.97. The maximum atomic E-state index is 13.2. The minimum atomic E-state index is -0.501. The highest BCUT2D eigenvalue weighted by atomic mass is 19.1. The van der Waals surface area contributed by atoms with E-state index in [9.17, 15) is 14.0 Å². The molecule has 1 aromatic carbocycles. The van der Waals surface area contributed by atoms with Gasteiger partial charge in [-0.3, -0.25) is 9.59 Å². The first-order valence-corrected chi connectivity index (χ1v) is 6.22. The zero-order valence-electron chi connectivity index (χ0n) is 11.7. The molecule has 108 valence electrons. The minimum absolute atomic E-state index is 0.208. The summed E-state index contributed by atoms with van der Waals surface area (Å²) in [5.41, 5.74) is -0.253. The molecule has 0 fully saturated rings. The lowest BCUT2D eigenvalue weighted by molar-refractivity contribution is 0.103. The van der Waals surface area contributed by atoms with Gasteiger partial charge in [0.05, 0.1) is 5.69 Å². The van der Waals surface area contributed by atoms with E-state index in [-0.39, 0.29) is 5.69 Å². The fourth-order valence-electron chi connectivity index (χ4n) is 1.64. The number of ketones is 1. The third-order valence-corrected chi connectivity index (χ3v) is 2.64. The van der Waals surface area contributed by atoms with Gasteiger partial charge in [-0.1, -0.05) is 6.07 Å². The van der Waals surface area contributed by atoms with Crippen LogP contribution in [0.3, 0.4) is 0 Å². The second-order valence-electron chi connectivity index (χ2n) is 4.60. The molecule has 0 unspecified atom stereocenters. The number of allylic oxidation sites excluding steroid dienone is 1. The largest absolute Gasteiger partial charge is 0.383 e. The summed E-state index contributed by atoms with van der Waals surface area (Å²) in [6.07, 6.45) is 4.19. The predicted octanol–water partition coefficient (Wildman–Crippen LogP) is 1.63. The second-order valence-corrected chi connectivity index (χ2v) is 4.60. The summed E-state index contributed by atoms with van der Waals surface area (Å²) >= 11 is 0. The van der Waals surface area contributed by atoms with Gasteiger partial charge in [-0.05, 0) is 18.2 Å². The van der Waals surface area contributed by atoms with Gasteiger partial charge in [0, 0.05) is 38.6 Å². The van der Waals surface area contributed by atoms with Crippen molar-refractivity contribution in [2.75, 3.05) is 14.1 Å². The average Bonchev–Trinajstić information content (AvgIpc) is 2.45. The van der Waals surface area contributed by atoms with E-state index >= 15 is 0 Å². The van der Waals surface area contributed by atoms with Gasteiger partial charge in [0.15, 0.2) is 5.69 Å². The highest BCUT2D eigenvalue weighted by Gasteiger charge is 2.11. The normalized spacial score (nSPS) is 10.8. The summed E-state index contributed by atoms with van der Waals surface area (Å²) in [5.74, 6) is -0.923. The van der Waals surface area contributed by atoms with Gasteiger partial charge in [0.25, 0.3) is 0 Å². The Bertz CT molecular complexity index is 751. The molecule has 21 heavy (non-hydrogen) atoms. The van der Waals surface area contributed by atoms with Crippen LogP contribution in [0.2, 0.25) is 0 Å². The van der Waals surface area contributed by atoms with Crippen molar-refractivity contribution in [2.45, 2.75) is 0 Å². The molecule has 0 saturated carbocycles. The van der Waals surface area contributed by atoms with E-state index in [2.05, 4.69) is 5.10 Å². The zero-order chi connectivity index (χ0) is 15.4. The molecule has 1 aromatic heterocycles. The Balaban J connectivity index is 2.42. The number of benzene rings is 1. The Morgan fingerprint density at radius 2 is 2.10 bits per heavy atom. The van der Waals surface area contributed by atoms with E-state index in [0.717, 1.165) is 0 Å². The van der Waals surface area contributed by atoms with E-state index < -0.39 is 17.0 Å². The van der Waals surface area contributed by atoms with Crippen LogP contribution in [-0.2, 0) is 0 Å². The van der Waals surface area contributed by atoms with Crippen LogP contribution >= 0.6 is 0 Å². The second kappa shape index (κ2) is 6.13. The molecule has 0 aliphatic rings. The van der Waals surface area contributed by atoms with Crippen molar-refractivity contribution in [2.24, 2.45) is 0 Å². The molecule has 0 aliphatic heterocycles. The van der Waals surface area contributed by atoms with Crippen LogP contribution in [-0.4, -0.2) is 34.6 Å². The van der Waals surface area contributed by atoms with Crippen molar-refractivity contribution in [3.05, 3.63) is 70.5 Å². The van der Waals surface area contributed by atoms with Crippen LogP contribution in [0.15, 0.2) is 53.6 Å². The fourth-order valence-corrected chi connectivity index (χ4v) is 1.64. The van der Waals surface area contributed by atoms with E-state index in [1.54, 1.807) is 25.1 Å². The predicted molar refractivity (Wildman–Crippen MR) is 76.9 cm³/mol. The van der Waals surface area contributed by atoms with E-state index in [1.807, 2.05) is 0 Å². The molecule has 5 nitrogen and oxygen atoms in total. The SMILES string of the molecule is CN(C)C=CC(=O)c1nn(-c2cccc(F)c2)ccc1=O. The van der Waals surface area contributed by atoms with Crippen LogP contribution in [0.1, 0.15) is 10.5 Å². The van der Waals surface area contributed by atoms with Crippen molar-refractivity contribution in [3.63, 3.8) is 0 Å². The molecule has 1 heterocycles. The summed E-state index contributed by atoms with van der Waals surface area (Å²) < 4.78 is 14.5. The fraction of sp³-hybridized carbons (Fsp3) is 0.133. The Labute approximate surface area is 120 Å². The van der Waals surface area contributed by atoms with Crippen LogP contribution < -0.4 is 5.43 Å². The smallest absolute Gasteiger partial charge is 0.211 e. The Morgan fingerprint density at radius 3 is 2.76 bits per heavy atom. The molecule has 0 atom stereocenters. The number of hydrogen-bond acceptors (Lipinski definition) is 4. The Morgan fingerprint density at radius 1 is 1.33 bits per heavy atom. The summed E-state index contributed by atoms with van der Waals surface area (Å²) in [6.45, 7) is 0. The molecule has 0 aliphatic carbocycles. The van der Waals surface area contributed by atoms with Gasteiger partial charge in [-0.25, -0.2) is 9.07 Å². The van der Waals surface area contributed by atoms with Crippen LogP contribution in [0.25, 0.3) is 5.69 Å². The summed E-state index contributed by atoms with van der Waals surface area (Å²) in [5, 5.41) is 3.98. The third kappa shape index (κ3) is 3.62. The molecule has 0 amide bonds. The number of carbonyl (C=O) groups excluding carboxylic acids is 1. The van der Waals surface area contributed by atoms with Crippen LogP contribution in [0, 0.1) is 5.82 Å². The highest BCUT2D eigenvalue weighted by molar-refractivity contribution is 6.02. The number of halogens is 1. The lowest BCUT2D eigenvalue weighted by atomic mass is 10.2. The van der Waals surface area contributed by atoms with Crippen LogP contribution in [0.4, 0.5) is 4.39 Å². The van der Waals surface area contributed by atoms with Gasteiger partial charge >= 0.3 is 0 Å². The first-order valence-electron chi connectivity index (χ1n) is 6.22. The molecule has 0 spiro atoms. The number of carbonyl (C=O) groups is 1. The van der Waals surface area contributed by atoms with Crippen molar-refractivity contribution in [3.8, 4) is 5.69 Å². The molecule has 0 N–H and O–H groups in total. The summed E-state index contributed by atoms with van der Waals surface area (Å²) in [4.78, 5) is 25.4. The lowest BCUT2D eigenvalue weighted by Gasteiger charge is -2.06. The van der Waals surface area contributed by atoms with Crippen molar-refractivity contribution < 1.29 is 9.18 Å². The standard InChI is InChI=1S/C15H14FN3O2/c1-18(2)8-6-13(20)15-14(21)7-9-19(17-15)12-5-3-4-11(16)10-12/h3-10H,1-2H3. The van der Waals surface area contributed by atoms with Gasteiger partial charge in [0.1, 0.15) is 5.82 Å². The number of nitrogens with zero attached hydrogens (tertiary/aromatic N) is 3. The molecule has 0 radical (unpaired) electrons.